The summed E-state index contributed by atoms with van der Waals surface area (Å²) in [4.78, 5) is 19.9. The zero-order valence-corrected chi connectivity index (χ0v) is 15.4. The predicted octanol–water partition coefficient (Wildman–Crippen LogP) is 4.67. The second-order valence-corrected chi connectivity index (χ2v) is 7.33. The lowest BCUT2D eigenvalue weighted by atomic mass is 9.85. The van der Waals surface area contributed by atoms with Crippen LogP contribution < -0.4 is 5.32 Å². The Morgan fingerprint density at radius 2 is 1.85 bits per heavy atom. The van der Waals surface area contributed by atoms with Crippen LogP contribution in [-0.4, -0.2) is 35.3 Å². The number of carbonyl (C=O) groups excluding carboxylic acids is 1. The largest absolute Gasteiger partial charge is 0.388 e. The Hall–Kier alpha value is -2.60. The number of likely N-dealkylation sites (tertiary alicyclic amines) is 1. The van der Waals surface area contributed by atoms with Crippen molar-refractivity contribution in [1.29, 1.82) is 0 Å². The van der Waals surface area contributed by atoms with Crippen molar-refractivity contribution >= 4 is 29.0 Å². The third kappa shape index (κ3) is 3.76. The van der Waals surface area contributed by atoms with Crippen LogP contribution in [0.15, 0.2) is 53.7 Å². The van der Waals surface area contributed by atoms with Gasteiger partial charge in [0.25, 0.3) is 0 Å². The fourth-order valence-corrected chi connectivity index (χ4v) is 3.59. The van der Waals surface area contributed by atoms with Crippen LogP contribution in [0.5, 0.6) is 0 Å². The van der Waals surface area contributed by atoms with Crippen LogP contribution in [0.25, 0.3) is 0 Å². The number of rotatable bonds is 2. The van der Waals surface area contributed by atoms with E-state index in [9.17, 15) is 9.18 Å². The first-order valence-electron chi connectivity index (χ1n) is 8.86. The molecule has 2 heterocycles. The number of oxime groups is 1. The van der Waals surface area contributed by atoms with Gasteiger partial charge >= 0.3 is 6.03 Å². The molecule has 1 N–H and O–H groups in total. The molecule has 2 aliphatic heterocycles. The van der Waals surface area contributed by atoms with E-state index in [1.807, 2.05) is 24.3 Å². The monoisotopic (exact) mass is 387 g/mol. The van der Waals surface area contributed by atoms with Gasteiger partial charge in [-0.15, -0.1) is 0 Å². The molecule has 2 aliphatic rings. The Morgan fingerprint density at radius 1 is 1.15 bits per heavy atom. The summed E-state index contributed by atoms with van der Waals surface area (Å²) in [6.45, 7) is 1.06. The van der Waals surface area contributed by atoms with Gasteiger partial charge in [-0.25, -0.2) is 9.18 Å². The summed E-state index contributed by atoms with van der Waals surface area (Å²) in [5.41, 5.74) is 1.71. The van der Waals surface area contributed by atoms with E-state index in [2.05, 4.69) is 10.5 Å². The molecule has 2 aromatic rings. The molecule has 4 rings (SSSR count). The summed E-state index contributed by atoms with van der Waals surface area (Å²) in [6, 6.07) is 13.4. The van der Waals surface area contributed by atoms with E-state index in [1.54, 1.807) is 23.1 Å². The van der Waals surface area contributed by atoms with Gasteiger partial charge in [-0.3, -0.25) is 0 Å². The number of halogens is 2. The van der Waals surface area contributed by atoms with Gasteiger partial charge < -0.3 is 15.1 Å². The molecule has 1 saturated heterocycles. The highest BCUT2D eigenvalue weighted by Gasteiger charge is 2.43. The SMILES string of the molecule is O=C(Nc1ccccc1F)N1CCC2(CC1)CC(c1ccc(Cl)cc1)=NO2. The molecule has 0 saturated carbocycles. The maximum atomic E-state index is 13.7. The molecule has 27 heavy (non-hydrogen) atoms. The molecule has 2 amide bonds. The van der Waals surface area contributed by atoms with Gasteiger partial charge in [0, 0.05) is 37.4 Å². The zero-order chi connectivity index (χ0) is 18.9. The van der Waals surface area contributed by atoms with E-state index in [0.717, 1.165) is 11.3 Å². The lowest BCUT2D eigenvalue weighted by molar-refractivity contribution is -0.0544. The van der Waals surface area contributed by atoms with E-state index in [1.165, 1.54) is 6.07 Å². The van der Waals surface area contributed by atoms with Gasteiger partial charge in [-0.2, -0.15) is 0 Å². The number of hydrogen-bond acceptors (Lipinski definition) is 3. The minimum atomic E-state index is -0.445. The van der Waals surface area contributed by atoms with Crippen LogP contribution >= 0.6 is 11.6 Å². The molecule has 0 unspecified atom stereocenters. The maximum absolute atomic E-state index is 13.7. The quantitative estimate of drug-likeness (QED) is 0.814. The van der Waals surface area contributed by atoms with E-state index >= 15 is 0 Å². The number of para-hydroxylation sites is 1. The molecule has 140 valence electrons. The van der Waals surface area contributed by atoms with Crippen LogP contribution in [0.2, 0.25) is 5.02 Å². The first kappa shape index (κ1) is 17.8. The van der Waals surface area contributed by atoms with Gasteiger partial charge in [0.2, 0.25) is 0 Å². The van der Waals surface area contributed by atoms with Gasteiger partial charge in [0.15, 0.2) is 0 Å². The standard InChI is InChI=1S/C20H19ClFN3O2/c21-15-7-5-14(6-8-15)18-13-20(27-24-18)9-11-25(12-10-20)19(26)23-17-4-2-1-3-16(17)22/h1-8H,9-13H2,(H,23,26). The fourth-order valence-electron chi connectivity index (χ4n) is 3.46. The Kier molecular flexibility index (Phi) is 4.74. The molecule has 0 aromatic heterocycles. The number of piperidine rings is 1. The second kappa shape index (κ2) is 7.19. The average Bonchev–Trinajstić information content (AvgIpc) is 3.08. The van der Waals surface area contributed by atoms with Crippen LogP contribution in [0.1, 0.15) is 24.8 Å². The molecule has 1 spiro atoms. The summed E-state index contributed by atoms with van der Waals surface area (Å²) in [5, 5.41) is 7.58. The summed E-state index contributed by atoms with van der Waals surface area (Å²) in [7, 11) is 0. The average molecular weight is 388 g/mol. The van der Waals surface area contributed by atoms with Gasteiger partial charge in [0.1, 0.15) is 11.4 Å². The molecule has 5 nitrogen and oxygen atoms in total. The molecule has 0 atom stereocenters. The van der Waals surface area contributed by atoms with Crippen molar-refractivity contribution in [2.75, 3.05) is 18.4 Å². The minimum Gasteiger partial charge on any atom is -0.388 e. The Balaban J connectivity index is 1.35. The summed E-state index contributed by atoms with van der Waals surface area (Å²) in [5.74, 6) is -0.445. The Morgan fingerprint density at radius 3 is 2.56 bits per heavy atom. The summed E-state index contributed by atoms with van der Waals surface area (Å²) in [6.07, 6.45) is 2.06. The highest BCUT2D eigenvalue weighted by atomic mass is 35.5. The van der Waals surface area contributed by atoms with Crippen LogP contribution in [-0.2, 0) is 4.84 Å². The van der Waals surface area contributed by atoms with E-state index in [4.69, 9.17) is 16.4 Å². The molecular weight excluding hydrogens is 369 g/mol. The fraction of sp³-hybridized carbons (Fsp3) is 0.300. The summed E-state index contributed by atoms with van der Waals surface area (Å²) >= 11 is 5.94. The van der Waals surface area contributed by atoms with Gasteiger partial charge in [-0.1, -0.05) is 41.0 Å². The van der Waals surface area contributed by atoms with Crippen LogP contribution in [0, 0.1) is 5.82 Å². The van der Waals surface area contributed by atoms with Crippen molar-refractivity contribution in [1.82, 2.24) is 4.90 Å². The Labute approximate surface area is 161 Å². The highest BCUT2D eigenvalue weighted by molar-refractivity contribution is 6.30. The van der Waals surface area contributed by atoms with Crippen molar-refractivity contribution < 1.29 is 14.0 Å². The van der Waals surface area contributed by atoms with Gasteiger partial charge in [-0.05, 0) is 29.8 Å². The second-order valence-electron chi connectivity index (χ2n) is 6.89. The number of amides is 2. The lowest BCUT2D eigenvalue weighted by Gasteiger charge is -2.37. The lowest BCUT2D eigenvalue weighted by Crippen LogP contribution is -2.48. The predicted molar refractivity (Wildman–Crippen MR) is 103 cm³/mol. The first-order valence-corrected chi connectivity index (χ1v) is 9.24. The topological polar surface area (TPSA) is 53.9 Å². The normalized spacial score (nSPS) is 18.1. The minimum absolute atomic E-state index is 0.188. The maximum Gasteiger partial charge on any atom is 0.321 e. The van der Waals surface area contributed by atoms with Crippen molar-refractivity contribution in [3.8, 4) is 0 Å². The van der Waals surface area contributed by atoms with Gasteiger partial charge in [0.05, 0.1) is 11.4 Å². The number of hydrogen-bond donors (Lipinski definition) is 1. The zero-order valence-electron chi connectivity index (χ0n) is 14.6. The van der Waals surface area contributed by atoms with E-state index < -0.39 is 5.82 Å². The molecule has 0 aliphatic carbocycles. The molecular formula is C20H19ClFN3O2. The van der Waals surface area contributed by atoms with Crippen LogP contribution in [0.4, 0.5) is 14.9 Å². The molecule has 7 heteroatoms. The number of nitrogens with zero attached hydrogens (tertiary/aromatic N) is 2. The molecule has 2 aromatic carbocycles. The summed E-state index contributed by atoms with van der Waals surface area (Å²) < 4.78 is 13.7. The Bertz CT molecular complexity index is 877. The van der Waals surface area contributed by atoms with Crippen molar-refractivity contribution in [2.24, 2.45) is 5.16 Å². The van der Waals surface area contributed by atoms with Crippen LogP contribution in [0.3, 0.4) is 0 Å². The first-order chi connectivity index (χ1) is 13.0. The number of urea groups is 1. The highest BCUT2D eigenvalue weighted by Crippen LogP contribution is 2.36. The molecule has 1 fully saturated rings. The van der Waals surface area contributed by atoms with Crippen molar-refractivity contribution in [3.05, 3.63) is 64.9 Å². The van der Waals surface area contributed by atoms with Crippen molar-refractivity contribution in [3.63, 3.8) is 0 Å². The van der Waals surface area contributed by atoms with Crippen molar-refractivity contribution in [2.45, 2.75) is 24.9 Å². The number of benzene rings is 2. The molecule has 0 radical (unpaired) electrons. The number of anilines is 1. The third-order valence-corrected chi connectivity index (χ3v) is 5.35. The van der Waals surface area contributed by atoms with E-state index in [-0.39, 0.29) is 17.3 Å². The third-order valence-electron chi connectivity index (χ3n) is 5.09. The smallest absolute Gasteiger partial charge is 0.321 e. The number of carbonyl (C=O) groups is 1. The number of nitrogens with one attached hydrogen (secondary N) is 1. The molecule has 0 bridgehead atoms. The van der Waals surface area contributed by atoms with E-state index in [0.29, 0.717) is 37.4 Å².